The van der Waals surface area contributed by atoms with Crippen molar-refractivity contribution in [2.75, 3.05) is 6.54 Å². The summed E-state index contributed by atoms with van der Waals surface area (Å²) in [6.07, 6.45) is 0. The lowest BCUT2D eigenvalue weighted by atomic mass is 9.91. The average Bonchev–Trinajstić information content (AvgIpc) is 2.89. The van der Waals surface area contributed by atoms with E-state index in [-0.39, 0.29) is 5.41 Å². The van der Waals surface area contributed by atoms with Crippen LogP contribution in [0.1, 0.15) is 28.5 Å². The Hall–Kier alpha value is -0.640. The van der Waals surface area contributed by atoms with Crippen LogP contribution in [0.15, 0.2) is 29.6 Å². The lowest BCUT2D eigenvalue weighted by Gasteiger charge is -2.23. The lowest BCUT2D eigenvalue weighted by molar-refractivity contribution is 0.478. The molecule has 0 saturated heterocycles. The molecular weight excluding hydrogens is 246 g/mol. The van der Waals surface area contributed by atoms with Crippen molar-refractivity contribution in [3.8, 4) is 0 Å². The minimum atomic E-state index is 0.223. The Balaban J connectivity index is 1.86. The maximum Gasteiger partial charge on any atom is 0.0300 e. The third kappa shape index (κ3) is 3.41. The lowest BCUT2D eigenvalue weighted by Crippen LogP contribution is -2.31. The molecule has 0 atom stereocenters. The van der Waals surface area contributed by atoms with Crippen LogP contribution < -0.4 is 5.32 Å². The van der Waals surface area contributed by atoms with Gasteiger partial charge in [0.1, 0.15) is 0 Å². The summed E-state index contributed by atoms with van der Waals surface area (Å²) < 4.78 is 0. The van der Waals surface area contributed by atoms with Crippen molar-refractivity contribution < 1.29 is 0 Å². The van der Waals surface area contributed by atoms with Crippen LogP contribution in [0.2, 0.25) is 0 Å². The SMILES string of the molecule is Cc1ccc(CNCC(C)(C)c2cccs2)s1. The number of thiophene rings is 2. The maximum absolute atomic E-state index is 3.56. The van der Waals surface area contributed by atoms with Crippen LogP contribution in [0.5, 0.6) is 0 Å². The van der Waals surface area contributed by atoms with E-state index in [0.29, 0.717) is 0 Å². The quantitative estimate of drug-likeness (QED) is 0.855. The zero-order valence-corrected chi connectivity index (χ0v) is 12.3. The first-order valence-electron chi connectivity index (χ1n) is 5.88. The molecule has 0 radical (unpaired) electrons. The van der Waals surface area contributed by atoms with Crippen LogP contribution in [-0.4, -0.2) is 6.54 Å². The minimum absolute atomic E-state index is 0.223. The third-order valence-electron chi connectivity index (χ3n) is 2.85. The van der Waals surface area contributed by atoms with E-state index < -0.39 is 0 Å². The van der Waals surface area contributed by atoms with Gasteiger partial charge in [-0.1, -0.05) is 19.9 Å². The molecule has 0 aliphatic rings. The Labute approximate surface area is 112 Å². The van der Waals surface area contributed by atoms with E-state index in [1.807, 2.05) is 22.7 Å². The molecule has 2 aromatic heterocycles. The molecule has 0 aromatic carbocycles. The van der Waals surface area contributed by atoms with Crippen LogP contribution in [0.3, 0.4) is 0 Å². The highest BCUT2D eigenvalue weighted by atomic mass is 32.1. The van der Waals surface area contributed by atoms with Crippen molar-refractivity contribution in [2.45, 2.75) is 32.7 Å². The van der Waals surface area contributed by atoms with Crippen molar-refractivity contribution in [3.63, 3.8) is 0 Å². The van der Waals surface area contributed by atoms with E-state index in [0.717, 1.165) is 13.1 Å². The molecule has 2 heterocycles. The molecule has 0 fully saturated rings. The van der Waals surface area contributed by atoms with E-state index >= 15 is 0 Å². The fourth-order valence-corrected chi connectivity index (χ4v) is 3.54. The molecule has 1 nitrogen and oxygen atoms in total. The predicted molar refractivity (Wildman–Crippen MR) is 78.1 cm³/mol. The molecule has 0 aliphatic heterocycles. The Morgan fingerprint density at radius 2 is 2.06 bits per heavy atom. The Morgan fingerprint density at radius 3 is 2.65 bits per heavy atom. The van der Waals surface area contributed by atoms with Gasteiger partial charge in [0.05, 0.1) is 0 Å². The Bertz CT molecular complexity index is 454. The fourth-order valence-electron chi connectivity index (χ4n) is 1.83. The molecule has 2 rings (SSSR count). The predicted octanol–water partition coefficient (Wildman–Crippen LogP) is 4.19. The summed E-state index contributed by atoms with van der Waals surface area (Å²) in [5.74, 6) is 0. The summed E-state index contributed by atoms with van der Waals surface area (Å²) >= 11 is 3.72. The number of hydrogen-bond donors (Lipinski definition) is 1. The molecule has 0 unspecified atom stereocenters. The standard InChI is InChI=1S/C14H19NS2/c1-11-6-7-12(17-11)9-15-10-14(2,3)13-5-4-8-16-13/h4-8,15H,9-10H2,1-3H3. The van der Waals surface area contributed by atoms with Gasteiger partial charge in [-0.15, -0.1) is 22.7 Å². The topological polar surface area (TPSA) is 12.0 Å². The first-order chi connectivity index (χ1) is 8.08. The summed E-state index contributed by atoms with van der Waals surface area (Å²) in [7, 11) is 0. The average molecular weight is 265 g/mol. The summed E-state index contributed by atoms with van der Waals surface area (Å²) in [4.78, 5) is 4.26. The van der Waals surface area contributed by atoms with Crippen molar-refractivity contribution in [2.24, 2.45) is 0 Å². The third-order valence-corrected chi connectivity index (χ3v) is 5.09. The smallest absolute Gasteiger partial charge is 0.0300 e. The highest BCUT2D eigenvalue weighted by molar-refractivity contribution is 7.11. The fraction of sp³-hybridized carbons (Fsp3) is 0.429. The molecule has 92 valence electrons. The molecule has 17 heavy (non-hydrogen) atoms. The monoisotopic (exact) mass is 265 g/mol. The molecule has 0 aliphatic carbocycles. The van der Waals surface area contributed by atoms with E-state index in [4.69, 9.17) is 0 Å². The van der Waals surface area contributed by atoms with Gasteiger partial charge in [-0.2, -0.15) is 0 Å². The number of aryl methyl sites for hydroxylation is 1. The molecule has 0 saturated carbocycles. The molecular formula is C14H19NS2. The molecule has 0 bridgehead atoms. The second-order valence-electron chi connectivity index (χ2n) is 4.98. The van der Waals surface area contributed by atoms with E-state index in [1.165, 1.54) is 14.6 Å². The van der Waals surface area contributed by atoms with E-state index in [9.17, 15) is 0 Å². The van der Waals surface area contributed by atoms with Crippen LogP contribution in [0.4, 0.5) is 0 Å². The van der Waals surface area contributed by atoms with E-state index in [1.54, 1.807) is 0 Å². The normalized spacial score (nSPS) is 11.9. The van der Waals surface area contributed by atoms with Crippen molar-refractivity contribution in [1.29, 1.82) is 0 Å². The van der Waals surface area contributed by atoms with Crippen molar-refractivity contribution >= 4 is 22.7 Å². The second kappa shape index (κ2) is 5.34. The zero-order chi connectivity index (χ0) is 12.3. The molecule has 3 heteroatoms. The van der Waals surface area contributed by atoms with Gasteiger partial charge in [-0.3, -0.25) is 0 Å². The first kappa shape index (κ1) is 12.8. The van der Waals surface area contributed by atoms with Gasteiger partial charge in [-0.05, 0) is 30.5 Å². The highest BCUT2D eigenvalue weighted by Crippen LogP contribution is 2.26. The zero-order valence-electron chi connectivity index (χ0n) is 10.6. The minimum Gasteiger partial charge on any atom is -0.311 e. The van der Waals surface area contributed by atoms with Gasteiger partial charge in [0.2, 0.25) is 0 Å². The number of hydrogen-bond acceptors (Lipinski definition) is 3. The first-order valence-corrected chi connectivity index (χ1v) is 7.57. The van der Waals surface area contributed by atoms with E-state index in [2.05, 4.69) is 55.7 Å². The van der Waals surface area contributed by atoms with Crippen LogP contribution in [0.25, 0.3) is 0 Å². The van der Waals surface area contributed by atoms with Gasteiger partial charge in [0.25, 0.3) is 0 Å². The molecule has 1 N–H and O–H groups in total. The van der Waals surface area contributed by atoms with Gasteiger partial charge in [0.15, 0.2) is 0 Å². The number of rotatable bonds is 5. The van der Waals surface area contributed by atoms with Crippen molar-refractivity contribution in [1.82, 2.24) is 5.32 Å². The van der Waals surface area contributed by atoms with Gasteiger partial charge >= 0.3 is 0 Å². The summed E-state index contributed by atoms with van der Waals surface area (Å²) in [5.41, 5.74) is 0.223. The highest BCUT2D eigenvalue weighted by Gasteiger charge is 2.20. The molecule has 2 aromatic rings. The van der Waals surface area contributed by atoms with Gasteiger partial charge < -0.3 is 5.32 Å². The second-order valence-corrected chi connectivity index (χ2v) is 7.30. The van der Waals surface area contributed by atoms with Crippen molar-refractivity contribution in [3.05, 3.63) is 44.3 Å². The molecule has 0 amide bonds. The number of nitrogens with one attached hydrogen (secondary N) is 1. The summed E-state index contributed by atoms with van der Waals surface area (Å²) in [6, 6.07) is 8.75. The van der Waals surface area contributed by atoms with Crippen LogP contribution in [0, 0.1) is 6.92 Å². The molecule has 0 spiro atoms. The van der Waals surface area contributed by atoms with Gasteiger partial charge in [0, 0.05) is 33.1 Å². The maximum atomic E-state index is 3.56. The Morgan fingerprint density at radius 1 is 1.24 bits per heavy atom. The van der Waals surface area contributed by atoms with Crippen LogP contribution in [-0.2, 0) is 12.0 Å². The summed E-state index contributed by atoms with van der Waals surface area (Å²) in [5, 5.41) is 5.71. The van der Waals surface area contributed by atoms with Gasteiger partial charge in [-0.25, -0.2) is 0 Å². The largest absolute Gasteiger partial charge is 0.311 e. The van der Waals surface area contributed by atoms with Crippen LogP contribution >= 0.6 is 22.7 Å². The Kier molecular flexibility index (Phi) is 4.02. The summed E-state index contributed by atoms with van der Waals surface area (Å²) in [6.45, 7) is 8.75.